The van der Waals surface area contributed by atoms with E-state index in [1.165, 1.54) is 6.42 Å². The Morgan fingerprint density at radius 2 is 2.12 bits per heavy atom. The van der Waals surface area contributed by atoms with Crippen LogP contribution in [0, 0.1) is 5.92 Å². The quantitative estimate of drug-likeness (QED) is 0.836. The van der Waals surface area contributed by atoms with Crippen LogP contribution in [0.2, 0.25) is 0 Å². The lowest BCUT2D eigenvalue weighted by Gasteiger charge is -2.31. The van der Waals surface area contributed by atoms with Gasteiger partial charge in [-0.2, -0.15) is 0 Å². The molecule has 0 bridgehead atoms. The number of rotatable bonds is 4. The standard InChI is InChI=1S/C12H19NO3S/c1-2-11-13(9(7-17-11)12(15)16)10(14)6-8-4-3-5-8/h8-9,11H,2-7H2,1H3,(H,15,16). The molecule has 0 aromatic carbocycles. The summed E-state index contributed by atoms with van der Waals surface area (Å²) in [7, 11) is 0. The van der Waals surface area contributed by atoms with Gasteiger partial charge in [0.05, 0.1) is 5.37 Å². The third-order valence-corrected chi connectivity index (χ3v) is 5.16. The van der Waals surface area contributed by atoms with Crippen molar-refractivity contribution >= 4 is 23.6 Å². The molecule has 2 atom stereocenters. The first-order valence-electron chi connectivity index (χ1n) is 6.29. The van der Waals surface area contributed by atoms with Crippen LogP contribution in [0.5, 0.6) is 0 Å². The molecule has 2 aliphatic rings. The Morgan fingerprint density at radius 3 is 2.59 bits per heavy atom. The Balaban J connectivity index is 2.01. The minimum atomic E-state index is -0.865. The van der Waals surface area contributed by atoms with E-state index < -0.39 is 12.0 Å². The van der Waals surface area contributed by atoms with Gasteiger partial charge < -0.3 is 10.0 Å². The predicted molar refractivity (Wildman–Crippen MR) is 66.8 cm³/mol. The fraction of sp³-hybridized carbons (Fsp3) is 0.833. The smallest absolute Gasteiger partial charge is 0.327 e. The molecule has 1 heterocycles. The maximum Gasteiger partial charge on any atom is 0.327 e. The van der Waals surface area contributed by atoms with Crippen LogP contribution >= 0.6 is 11.8 Å². The molecule has 2 unspecified atom stereocenters. The molecule has 4 nitrogen and oxygen atoms in total. The fourth-order valence-electron chi connectivity index (χ4n) is 2.45. The van der Waals surface area contributed by atoms with Crippen LogP contribution in [-0.4, -0.2) is 39.1 Å². The maximum atomic E-state index is 12.2. The van der Waals surface area contributed by atoms with E-state index in [0.29, 0.717) is 18.1 Å². The van der Waals surface area contributed by atoms with E-state index in [9.17, 15) is 9.59 Å². The Hall–Kier alpha value is -0.710. The SMILES string of the molecule is CCC1SCC(C(=O)O)N1C(=O)CC1CCC1. The maximum absolute atomic E-state index is 12.2. The molecule has 0 aromatic heterocycles. The average molecular weight is 257 g/mol. The summed E-state index contributed by atoms with van der Waals surface area (Å²) in [5.41, 5.74) is 0. The van der Waals surface area contributed by atoms with Crippen molar-refractivity contribution in [1.29, 1.82) is 0 Å². The zero-order valence-corrected chi connectivity index (χ0v) is 10.9. The Kier molecular flexibility index (Phi) is 3.97. The van der Waals surface area contributed by atoms with Gasteiger partial charge in [-0.3, -0.25) is 4.79 Å². The lowest BCUT2D eigenvalue weighted by Crippen LogP contribution is -2.46. The minimum Gasteiger partial charge on any atom is -0.480 e. The largest absolute Gasteiger partial charge is 0.480 e. The molecule has 0 radical (unpaired) electrons. The topological polar surface area (TPSA) is 57.6 Å². The second-order valence-electron chi connectivity index (χ2n) is 4.85. The summed E-state index contributed by atoms with van der Waals surface area (Å²) in [4.78, 5) is 24.9. The van der Waals surface area contributed by atoms with Crippen molar-refractivity contribution in [2.75, 3.05) is 5.75 Å². The summed E-state index contributed by atoms with van der Waals surface area (Å²) in [6, 6.07) is -0.613. The molecule has 1 saturated carbocycles. The molecule has 0 spiro atoms. The van der Waals surface area contributed by atoms with E-state index in [-0.39, 0.29) is 11.3 Å². The van der Waals surface area contributed by atoms with Crippen LogP contribution in [0.25, 0.3) is 0 Å². The first-order valence-corrected chi connectivity index (χ1v) is 7.34. The zero-order valence-electron chi connectivity index (χ0n) is 10.1. The van der Waals surface area contributed by atoms with E-state index in [0.717, 1.165) is 19.3 Å². The lowest BCUT2D eigenvalue weighted by molar-refractivity contribution is -0.149. The van der Waals surface area contributed by atoms with Gasteiger partial charge >= 0.3 is 5.97 Å². The summed E-state index contributed by atoms with van der Waals surface area (Å²) in [5, 5.41) is 9.20. The van der Waals surface area contributed by atoms with Crippen LogP contribution < -0.4 is 0 Å². The van der Waals surface area contributed by atoms with Crippen LogP contribution in [0.4, 0.5) is 0 Å². The molecule has 5 heteroatoms. The highest BCUT2D eigenvalue weighted by Crippen LogP contribution is 2.35. The minimum absolute atomic E-state index is 0.0407. The van der Waals surface area contributed by atoms with Crippen LogP contribution in [0.3, 0.4) is 0 Å². The van der Waals surface area contributed by atoms with Gasteiger partial charge in [-0.05, 0) is 25.2 Å². The molecule has 2 fully saturated rings. The molecule has 0 aromatic rings. The number of carbonyl (C=O) groups excluding carboxylic acids is 1. The van der Waals surface area contributed by atoms with Gasteiger partial charge in [-0.25, -0.2) is 4.79 Å². The number of aliphatic carboxylic acids is 1. The van der Waals surface area contributed by atoms with Crippen LogP contribution in [0.15, 0.2) is 0 Å². The summed E-state index contributed by atoms with van der Waals surface area (Å²) in [5.74, 6) is 0.207. The molecule has 1 N–H and O–H groups in total. The van der Waals surface area contributed by atoms with Crippen LogP contribution in [0.1, 0.15) is 39.0 Å². The van der Waals surface area contributed by atoms with Crippen molar-refractivity contribution in [3.05, 3.63) is 0 Å². The normalized spacial score (nSPS) is 29.1. The van der Waals surface area contributed by atoms with Crippen LogP contribution in [-0.2, 0) is 9.59 Å². The van der Waals surface area contributed by atoms with E-state index >= 15 is 0 Å². The van der Waals surface area contributed by atoms with Gasteiger partial charge in [-0.1, -0.05) is 13.3 Å². The second kappa shape index (κ2) is 5.29. The molecule has 1 amide bonds. The molecule has 96 valence electrons. The van der Waals surface area contributed by atoms with Crippen molar-refractivity contribution in [2.45, 2.75) is 50.4 Å². The Bertz CT molecular complexity index is 317. The number of hydrogen-bond acceptors (Lipinski definition) is 3. The van der Waals surface area contributed by atoms with Gasteiger partial charge in [-0.15, -0.1) is 11.8 Å². The Labute approximate surface area is 106 Å². The highest BCUT2D eigenvalue weighted by atomic mass is 32.2. The molecule has 17 heavy (non-hydrogen) atoms. The first kappa shape index (κ1) is 12.7. The average Bonchev–Trinajstić information content (AvgIpc) is 2.66. The van der Waals surface area contributed by atoms with Crippen molar-refractivity contribution in [3.63, 3.8) is 0 Å². The Morgan fingerprint density at radius 1 is 1.41 bits per heavy atom. The van der Waals surface area contributed by atoms with E-state index in [4.69, 9.17) is 5.11 Å². The van der Waals surface area contributed by atoms with E-state index in [1.807, 2.05) is 6.92 Å². The van der Waals surface area contributed by atoms with Gasteiger partial charge in [0.15, 0.2) is 0 Å². The molecule has 2 rings (SSSR count). The molecular weight excluding hydrogens is 238 g/mol. The fourth-order valence-corrected chi connectivity index (χ4v) is 3.82. The number of hydrogen-bond donors (Lipinski definition) is 1. The predicted octanol–water partition coefficient (Wildman–Crippen LogP) is 1.94. The third-order valence-electron chi connectivity index (χ3n) is 3.70. The van der Waals surface area contributed by atoms with E-state index in [1.54, 1.807) is 16.7 Å². The molecule has 1 aliphatic heterocycles. The number of carboxylic acids is 1. The summed E-state index contributed by atoms with van der Waals surface area (Å²) >= 11 is 1.59. The van der Waals surface area contributed by atoms with Gasteiger partial charge in [0.25, 0.3) is 0 Å². The molecular formula is C12H19NO3S. The third kappa shape index (κ3) is 2.59. The van der Waals surface area contributed by atoms with Crippen molar-refractivity contribution < 1.29 is 14.7 Å². The zero-order chi connectivity index (χ0) is 12.4. The van der Waals surface area contributed by atoms with Gasteiger partial charge in [0.2, 0.25) is 5.91 Å². The van der Waals surface area contributed by atoms with Crippen molar-refractivity contribution in [2.24, 2.45) is 5.92 Å². The number of amides is 1. The van der Waals surface area contributed by atoms with E-state index in [2.05, 4.69) is 0 Å². The highest BCUT2D eigenvalue weighted by molar-refractivity contribution is 8.00. The number of nitrogens with zero attached hydrogens (tertiary/aromatic N) is 1. The molecule has 1 saturated heterocycles. The van der Waals surface area contributed by atoms with Gasteiger partial charge in [0, 0.05) is 12.2 Å². The number of carbonyl (C=O) groups is 2. The first-order chi connectivity index (χ1) is 8.13. The monoisotopic (exact) mass is 257 g/mol. The lowest BCUT2D eigenvalue weighted by atomic mass is 9.82. The van der Waals surface area contributed by atoms with Crippen molar-refractivity contribution in [1.82, 2.24) is 4.90 Å². The summed E-state index contributed by atoms with van der Waals surface area (Å²) < 4.78 is 0. The number of carboxylic acid groups (broad SMARTS) is 1. The number of thioether (sulfide) groups is 1. The van der Waals surface area contributed by atoms with Gasteiger partial charge in [0.1, 0.15) is 6.04 Å². The van der Waals surface area contributed by atoms with Crippen molar-refractivity contribution in [3.8, 4) is 0 Å². The highest BCUT2D eigenvalue weighted by Gasteiger charge is 2.41. The summed E-state index contributed by atoms with van der Waals surface area (Å²) in [6.07, 6.45) is 4.83. The summed E-state index contributed by atoms with van der Waals surface area (Å²) in [6.45, 7) is 2.01. The second-order valence-corrected chi connectivity index (χ2v) is 6.06. The molecule has 1 aliphatic carbocycles.